The smallest absolute Gasteiger partial charge is 0.264 e. The van der Waals surface area contributed by atoms with Crippen LogP contribution in [0.2, 0.25) is 0 Å². The van der Waals surface area contributed by atoms with Crippen LogP contribution in [0.3, 0.4) is 0 Å². The Bertz CT molecular complexity index is 334. The predicted octanol–water partition coefficient (Wildman–Crippen LogP) is 0.819. The van der Waals surface area contributed by atoms with Crippen molar-refractivity contribution < 1.29 is 9.90 Å². The van der Waals surface area contributed by atoms with Crippen LogP contribution in [0.5, 0.6) is 0 Å². The summed E-state index contributed by atoms with van der Waals surface area (Å²) in [4.78, 5) is 12.3. The number of nitrogens with zero attached hydrogens (tertiary/aromatic N) is 2. The van der Waals surface area contributed by atoms with Gasteiger partial charge in [-0.25, -0.2) is 0 Å². The van der Waals surface area contributed by atoms with E-state index in [-0.39, 0.29) is 18.6 Å². The van der Waals surface area contributed by atoms with Gasteiger partial charge in [-0.2, -0.15) is 0 Å². The molecule has 0 radical (unpaired) electrons. The van der Waals surface area contributed by atoms with Crippen LogP contribution in [0.4, 0.5) is 0 Å². The van der Waals surface area contributed by atoms with E-state index in [4.69, 9.17) is 5.11 Å². The van der Waals surface area contributed by atoms with Crippen LogP contribution in [0.25, 0.3) is 0 Å². The first-order chi connectivity index (χ1) is 7.79. The highest BCUT2D eigenvalue weighted by molar-refractivity contribution is 7.07. The Morgan fingerprint density at radius 2 is 2.25 bits per heavy atom. The van der Waals surface area contributed by atoms with Gasteiger partial charge in [0.05, 0.1) is 6.20 Å². The fraction of sp³-hybridized carbons (Fsp3) is 0.700. The highest BCUT2D eigenvalue weighted by atomic mass is 32.1. The molecule has 0 unspecified atom stereocenters. The molecule has 0 atom stereocenters. The van der Waals surface area contributed by atoms with Gasteiger partial charge < -0.3 is 10.4 Å². The number of nitrogens with one attached hydrogen (secondary N) is 1. The maximum absolute atomic E-state index is 11.7. The summed E-state index contributed by atoms with van der Waals surface area (Å²) < 4.78 is 3.66. The van der Waals surface area contributed by atoms with Crippen LogP contribution in [-0.2, 0) is 0 Å². The van der Waals surface area contributed by atoms with Gasteiger partial charge in [0, 0.05) is 12.6 Å². The van der Waals surface area contributed by atoms with Crippen molar-refractivity contribution in [3.05, 3.63) is 11.1 Å². The van der Waals surface area contributed by atoms with Crippen LogP contribution >= 0.6 is 11.5 Å². The van der Waals surface area contributed by atoms with Gasteiger partial charge >= 0.3 is 0 Å². The Labute approximate surface area is 98.0 Å². The number of aliphatic hydroxyl groups is 1. The molecule has 88 valence electrons. The lowest BCUT2D eigenvalue weighted by Gasteiger charge is -2.27. The van der Waals surface area contributed by atoms with Crippen LogP contribution < -0.4 is 5.32 Å². The van der Waals surface area contributed by atoms with Crippen molar-refractivity contribution in [2.45, 2.75) is 31.7 Å². The summed E-state index contributed by atoms with van der Waals surface area (Å²) in [6.45, 7) is 0.263. The van der Waals surface area contributed by atoms with Gasteiger partial charge in [0.2, 0.25) is 0 Å². The Morgan fingerprint density at radius 3 is 2.81 bits per heavy atom. The van der Waals surface area contributed by atoms with Crippen molar-refractivity contribution in [2.75, 3.05) is 6.61 Å². The summed E-state index contributed by atoms with van der Waals surface area (Å²) in [5.41, 5.74) is 0. The molecule has 1 heterocycles. The van der Waals surface area contributed by atoms with Crippen molar-refractivity contribution in [1.29, 1.82) is 0 Å². The molecule has 0 aromatic carbocycles. The lowest BCUT2D eigenvalue weighted by atomic mass is 9.86. The molecule has 1 aliphatic rings. The lowest BCUT2D eigenvalue weighted by Crippen LogP contribution is -2.37. The molecule has 0 spiro atoms. The van der Waals surface area contributed by atoms with E-state index in [1.54, 1.807) is 0 Å². The molecule has 0 saturated heterocycles. The molecule has 1 fully saturated rings. The minimum absolute atomic E-state index is 0.0811. The van der Waals surface area contributed by atoms with E-state index >= 15 is 0 Å². The summed E-state index contributed by atoms with van der Waals surface area (Å²) in [5.74, 6) is 0.334. The molecule has 0 aliphatic heterocycles. The number of amides is 1. The van der Waals surface area contributed by atoms with Crippen LogP contribution in [0, 0.1) is 5.92 Å². The molecule has 2 N–H and O–H groups in total. The van der Waals surface area contributed by atoms with Crippen molar-refractivity contribution in [3.8, 4) is 0 Å². The number of rotatable bonds is 3. The molecule has 2 rings (SSSR count). The summed E-state index contributed by atoms with van der Waals surface area (Å²) in [7, 11) is 0. The molecule has 0 bridgehead atoms. The van der Waals surface area contributed by atoms with E-state index < -0.39 is 0 Å². The van der Waals surface area contributed by atoms with Gasteiger partial charge in [-0.1, -0.05) is 4.49 Å². The van der Waals surface area contributed by atoms with Crippen molar-refractivity contribution in [1.82, 2.24) is 14.9 Å². The van der Waals surface area contributed by atoms with E-state index in [9.17, 15) is 4.79 Å². The monoisotopic (exact) mass is 241 g/mol. The molecule has 1 aromatic heterocycles. The normalized spacial score (nSPS) is 25.3. The minimum atomic E-state index is -0.0811. The molecule has 1 amide bonds. The number of aliphatic hydroxyl groups excluding tert-OH is 1. The van der Waals surface area contributed by atoms with E-state index in [1.165, 1.54) is 6.20 Å². The fourth-order valence-corrected chi connectivity index (χ4v) is 2.43. The zero-order valence-corrected chi connectivity index (χ0v) is 9.74. The SMILES string of the molecule is O=C(NC1CCC(CO)CC1)c1cnns1. The summed E-state index contributed by atoms with van der Waals surface area (Å²) in [6, 6.07) is 0.234. The summed E-state index contributed by atoms with van der Waals surface area (Å²) >= 11 is 1.11. The Kier molecular flexibility index (Phi) is 3.84. The molecule has 1 saturated carbocycles. The molecule has 6 heteroatoms. The zero-order chi connectivity index (χ0) is 11.4. The average Bonchev–Trinajstić information content (AvgIpc) is 2.83. The molecule has 1 aromatic rings. The van der Waals surface area contributed by atoms with Gasteiger partial charge in [-0.15, -0.1) is 5.10 Å². The number of hydrogen-bond donors (Lipinski definition) is 2. The van der Waals surface area contributed by atoms with E-state index in [0.29, 0.717) is 10.8 Å². The largest absolute Gasteiger partial charge is 0.396 e. The predicted molar refractivity (Wildman–Crippen MR) is 60.2 cm³/mol. The van der Waals surface area contributed by atoms with Crippen molar-refractivity contribution >= 4 is 17.4 Å². The van der Waals surface area contributed by atoms with Gasteiger partial charge in [-0.3, -0.25) is 4.79 Å². The van der Waals surface area contributed by atoms with Crippen molar-refractivity contribution in [3.63, 3.8) is 0 Å². The second-order valence-electron chi connectivity index (χ2n) is 4.16. The topological polar surface area (TPSA) is 75.1 Å². The third-order valence-electron chi connectivity index (χ3n) is 3.03. The quantitative estimate of drug-likeness (QED) is 0.821. The minimum Gasteiger partial charge on any atom is -0.396 e. The summed E-state index contributed by atoms with van der Waals surface area (Å²) in [6.07, 6.45) is 5.36. The van der Waals surface area contributed by atoms with E-state index in [2.05, 4.69) is 14.9 Å². The molecule has 5 nitrogen and oxygen atoms in total. The Hall–Kier alpha value is -1.01. The second-order valence-corrected chi connectivity index (χ2v) is 4.94. The standard InChI is InChI=1S/C10H15N3O2S/c14-6-7-1-3-8(4-2-7)12-10(15)9-5-11-13-16-9/h5,7-8,14H,1-4,6H2,(H,12,15). The first kappa shape index (κ1) is 11.5. The van der Waals surface area contributed by atoms with Gasteiger partial charge in [0.1, 0.15) is 4.88 Å². The highest BCUT2D eigenvalue weighted by Crippen LogP contribution is 2.23. The molecule has 16 heavy (non-hydrogen) atoms. The van der Waals surface area contributed by atoms with Gasteiger partial charge in [-0.05, 0) is 43.1 Å². The highest BCUT2D eigenvalue weighted by Gasteiger charge is 2.22. The Morgan fingerprint density at radius 1 is 1.50 bits per heavy atom. The zero-order valence-electron chi connectivity index (χ0n) is 8.93. The molecular formula is C10H15N3O2S. The summed E-state index contributed by atoms with van der Waals surface area (Å²) in [5, 5.41) is 15.6. The second kappa shape index (κ2) is 5.36. The first-order valence-corrected chi connectivity index (χ1v) is 6.26. The number of aromatic nitrogens is 2. The van der Waals surface area contributed by atoms with Crippen LogP contribution in [0.1, 0.15) is 35.4 Å². The van der Waals surface area contributed by atoms with E-state index in [1.807, 2.05) is 0 Å². The molecule has 1 aliphatic carbocycles. The van der Waals surface area contributed by atoms with Gasteiger partial charge in [0.25, 0.3) is 5.91 Å². The third kappa shape index (κ3) is 2.76. The first-order valence-electron chi connectivity index (χ1n) is 5.48. The van der Waals surface area contributed by atoms with Crippen LogP contribution in [-0.4, -0.2) is 33.2 Å². The van der Waals surface area contributed by atoms with Crippen LogP contribution in [0.15, 0.2) is 6.20 Å². The maximum atomic E-state index is 11.7. The number of carbonyl (C=O) groups is 1. The van der Waals surface area contributed by atoms with Gasteiger partial charge in [0.15, 0.2) is 0 Å². The van der Waals surface area contributed by atoms with Crippen molar-refractivity contribution in [2.24, 2.45) is 5.92 Å². The van der Waals surface area contributed by atoms with E-state index in [0.717, 1.165) is 37.2 Å². The Balaban J connectivity index is 1.81. The average molecular weight is 241 g/mol. The number of carbonyl (C=O) groups excluding carboxylic acids is 1. The number of hydrogen-bond acceptors (Lipinski definition) is 5. The lowest BCUT2D eigenvalue weighted by molar-refractivity contribution is 0.0918. The molecular weight excluding hydrogens is 226 g/mol. The fourth-order valence-electron chi connectivity index (χ4n) is 2.01. The maximum Gasteiger partial charge on any atom is 0.264 e. The third-order valence-corrected chi connectivity index (χ3v) is 3.69.